The highest BCUT2D eigenvalue weighted by Crippen LogP contribution is 2.11. The third-order valence-corrected chi connectivity index (χ3v) is 2.48. The Hall–Kier alpha value is -2.04. The van der Waals surface area contributed by atoms with Crippen LogP contribution in [0.25, 0.3) is 0 Å². The first-order chi connectivity index (χ1) is 8.47. The molecule has 1 unspecified atom stereocenters. The van der Waals surface area contributed by atoms with Gasteiger partial charge in [-0.05, 0) is 31.0 Å². The van der Waals surface area contributed by atoms with Crippen LogP contribution < -0.4 is 11.1 Å². The molecule has 0 radical (unpaired) electrons. The molecule has 1 aromatic carbocycles. The molecule has 5 nitrogen and oxygen atoms in total. The van der Waals surface area contributed by atoms with Gasteiger partial charge in [-0.3, -0.25) is 9.59 Å². The quantitative estimate of drug-likeness (QED) is 0.694. The summed E-state index contributed by atoms with van der Waals surface area (Å²) in [6.45, 7) is 1.88. The van der Waals surface area contributed by atoms with Crippen LogP contribution >= 0.6 is 0 Å². The number of aromatic hydroxyl groups is 1. The molecule has 2 amide bonds. The van der Waals surface area contributed by atoms with E-state index in [1.54, 1.807) is 24.3 Å². The Labute approximate surface area is 106 Å². The zero-order valence-corrected chi connectivity index (χ0v) is 10.3. The number of carbonyl (C=O) groups excluding carboxylic acids is 2. The fraction of sp³-hybridized carbons (Fsp3) is 0.385. The van der Waals surface area contributed by atoms with Gasteiger partial charge in [-0.25, -0.2) is 0 Å². The van der Waals surface area contributed by atoms with Gasteiger partial charge in [-0.2, -0.15) is 0 Å². The van der Waals surface area contributed by atoms with Gasteiger partial charge in [0.2, 0.25) is 11.8 Å². The Morgan fingerprint density at radius 1 is 1.28 bits per heavy atom. The van der Waals surface area contributed by atoms with Gasteiger partial charge in [0.05, 0.1) is 0 Å². The van der Waals surface area contributed by atoms with Gasteiger partial charge in [-0.15, -0.1) is 0 Å². The summed E-state index contributed by atoms with van der Waals surface area (Å²) in [5.74, 6) is -0.437. The van der Waals surface area contributed by atoms with E-state index in [2.05, 4.69) is 5.32 Å². The first-order valence-corrected chi connectivity index (χ1v) is 5.83. The van der Waals surface area contributed by atoms with Crippen molar-refractivity contribution in [1.82, 2.24) is 5.32 Å². The number of phenolic OH excluding ortho intramolecular Hbond substituents is 1. The second-order valence-corrected chi connectivity index (χ2v) is 4.31. The number of primary amides is 1. The standard InChI is InChI=1S/C13H18N2O3/c1-9(15-13(18)7-6-12(14)17)8-10-2-4-11(16)5-3-10/h2-5,9,16H,6-8H2,1H3,(H2,14,17)(H,15,18). The van der Waals surface area contributed by atoms with Gasteiger partial charge in [0.25, 0.3) is 0 Å². The van der Waals surface area contributed by atoms with E-state index in [9.17, 15) is 9.59 Å². The molecule has 1 atom stereocenters. The SMILES string of the molecule is CC(Cc1ccc(O)cc1)NC(=O)CCC(N)=O. The van der Waals surface area contributed by atoms with Gasteiger partial charge in [0.15, 0.2) is 0 Å². The number of carbonyl (C=O) groups is 2. The van der Waals surface area contributed by atoms with E-state index in [1.165, 1.54) is 0 Å². The van der Waals surface area contributed by atoms with Crippen molar-refractivity contribution in [2.75, 3.05) is 0 Å². The Kier molecular flexibility index (Phi) is 5.17. The van der Waals surface area contributed by atoms with Crippen molar-refractivity contribution in [2.45, 2.75) is 32.2 Å². The highest BCUT2D eigenvalue weighted by Gasteiger charge is 2.09. The predicted octanol–water partition coefficient (Wildman–Crippen LogP) is 0.705. The van der Waals surface area contributed by atoms with Crippen molar-refractivity contribution >= 4 is 11.8 Å². The average Bonchev–Trinajstić information content (AvgIpc) is 2.29. The maximum Gasteiger partial charge on any atom is 0.220 e. The number of hydrogen-bond acceptors (Lipinski definition) is 3. The van der Waals surface area contributed by atoms with Crippen LogP contribution in [0.5, 0.6) is 5.75 Å². The van der Waals surface area contributed by atoms with Crippen LogP contribution in [-0.4, -0.2) is 23.0 Å². The molecule has 0 saturated heterocycles. The monoisotopic (exact) mass is 250 g/mol. The van der Waals surface area contributed by atoms with Crippen LogP contribution in [0.2, 0.25) is 0 Å². The van der Waals surface area contributed by atoms with Crippen LogP contribution in [0.15, 0.2) is 24.3 Å². The zero-order valence-electron chi connectivity index (χ0n) is 10.3. The van der Waals surface area contributed by atoms with E-state index >= 15 is 0 Å². The highest BCUT2D eigenvalue weighted by atomic mass is 16.3. The predicted molar refractivity (Wildman–Crippen MR) is 67.8 cm³/mol. The topological polar surface area (TPSA) is 92.4 Å². The van der Waals surface area contributed by atoms with Crippen molar-refractivity contribution in [3.05, 3.63) is 29.8 Å². The molecular formula is C13H18N2O3. The van der Waals surface area contributed by atoms with Crippen LogP contribution in [0.3, 0.4) is 0 Å². The van der Waals surface area contributed by atoms with Gasteiger partial charge in [-0.1, -0.05) is 12.1 Å². The Balaban J connectivity index is 2.36. The summed E-state index contributed by atoms with van der Waals surface area (Å²) in [6.07, 6.45) is 0.857. The molecule has 0 aliphatic rings. The minimum Gasteiger partial charge on any atom is -0.508 e. The molecule has 98 valence electrons. The van der Waals surface area contributed by atoms with E-state index in [0.29, 0.717) is 6.42 Å². The first kappa shape index (κ1) is 14.0. The summed E-state index contributed by atoms with van der Waals surface area (Å²) in [5.41, 5.74) is 5.99. The van der Waals surface area contributed by atoms with Crippen LogP contribution in [0.4, 0.5) is 0 Å². The number of nitrogens with two attached hydrogens (primary N) is 1. The molecule has 4 N–H and O–H groups in total. The van der Waals surface area contributed by atoms with Gasteiger partial charge in [0, 0.05) is 18.9 Å². The summed E-state index contributed by atoms with van der Waals surface area (Å²) in [7, 11) is 0. The molecule has 0 aromatic heterocycles. The van der Waals surface area contributed by atoms with E-state index in [4.69, 9.17) is 10.8 Å². The molecule has 5 heteroatoms. The zero-order chi connectivity index (χ0) is 13.5. The third kappa shape index (κ3) is 5.34. The van der Waals surface area contributed by atoms with Crippen molar-refractivity contribution in [2.24, 2.45) is 5.73 Å². The second-order valence-electron chi connectivity index (χ2n) is 4.31. The van der Waals surface area contributed by atoms with Gasteiger partial charge < -0.3 is 16.2 Å². The van der Waals surface area contributed by atoms with Crippen molar-refractivity contribution < 1.29 is 14.7 Å². The van der Waals surface area contributed by atoms with Crippen LogP contribution in [0.1, 0.15) is 25.3 Å². The molecule has 0 spiro atoms. The number of rotatable bonds is 6. The Morgan fingerprint density at radius 2 is 1.89 bits per heavy atom. The number of hydrogen-bond donors (Lipinski definition) is 3. The van der Waals surface area contributed by atoms with Crippen molar-refractivity contribution in [3.8, 4) is 5.75 Å². The number of benzene rings is 1. The highest BCUT2D eigenvalue weighted by molar-refractivity contribution is 5.82. The molecule has 0 heterocycles. The van der Waals surface area contributed by atoms with E-state index in [1.807, 2.05) is 6.92 Å². The molecule has 0 aliphatic carbocycles. The summed E-state index contributed by atoms with van der Waals surface area (Å²) in [5, 5.41) is 11.9. The first-order valence-electron chi connectivity index (χ1n) is 5.83. The second kappa shape index (κ2) is 6.64. The largest absolute Gasteiger partial charge is 0.508 e. The smallest absolute Gasteiger partial charge is 0.220 e. The minimum atomic E-state index is -0.476. The summed E-state index contributed by atoms with van der Waals surface area (Å²) >= 11 is 0. The maximum absolute atomic E-state index is 11.4. The van der Waals surface area contributed by atoms with Gasteiger partial charge >= 0.3 is 0 Å². The average molecular weight is 250 g/mol. The molecule has 1 rings (SSSR count). The van der Waals surface area contributed by atoms with Crippen LogP contribution in [0, 0.1) is 0 Å². The van der Waals surface area contributed by atoms with E-state index in [0.717, 1.165) is 5.56 Å². The minimum absolute atomic E-state index is 0.0325. The molecule has 1 aromatic rings. The lowest BCUT2D eigenvalue weighted by atomic mass is 10.1. The lowest BCUT2D eigenvalue weighted by molar-refractivity contribution is -0.125. The Morgan fingerprint density at radius 3 is 2.44 bits per heavy atom. The number of amides is 2. The summed E-state index contributed by atoms with van der Waals surface area (Å²) in [4.78, 5) is 22.0. The summed E-state index contributed by atoms with van der Waals surface area (Å²) in [6, 6.07) is 6.80. The third-order valence-electron chi connectivity index (χ3n) is 2.48. The maximum atomic E-state index is 11.4. The molecular weight excluding hydrogens is 232 g/mol. The number of nitrogens with one attached hydrogen (secondary N) is 1. The molecule has 0 aliphatic heterocycles. The molecule has 0 saturated carbocycles. The summed E-state index contributed by atoms with van der Waals surface area (Å²) < 4.78 is 0. The normalized spacial score (nSPS) is 11.8. The van der Waals surface area contributed by atoms with Crippen molar-refractivity contribution in [3.63, 3.8) is 0 Å². The molecule has 0 fully saturated rings. The number of phenols is 1. The lowest BCUT2D eigenvalue weighted by Gasteiger charge is -2.13. The van der Waals surface area contributed by atoms with E-state index in [-0.39, 0.29) is 30.5 Å². The van der Waals surface area contributed by atoms with Crippen LogP contribution in [-0.2, 0) is 16.0 Å². The molecule has 0 bridgehead atoms. The fourth-order valence-electron chi connectivity index (χ4n) is 1.62. The van der Waals surface area contributed by atoms with Gasteiger partial charge in [0.1, 0.15) is 5.75 Å². The van der Waals surface area contributed by atoms with Crippen molar-refractivity contribution in [1.29, 1.82) is 0 Å². The molecule has 18 heavy (non-hydrogen) atoms. The fourth-order valence-corrected chi connectivity index (χ4v) is 1.62. The Bertz CT molecular complexity index is 415. The van der Waals surface area contributed by atoms with E-state index < -0.39 is 5.91 Å². The lowest BCUT2D eigenvalue weighted by Crippen LogP contribution is -2.34.